The van der Waals surface area contributed by atoms with E-state index in [1.807, 2.05) is 19.1 Å². The van der Waals surface area contributed by atoms with Crippen molar-refractivity contribution in [3.63, 3.8) is 0 Å². The highest BCUT2D eigenvalue weighted by Gasteiger charge is 2.32. The highest BCUT2D eigenvalue weighted by atomic mass is 16.5. The first kappa shape index (κ1) is 15.3. The van der Waals surface area contributed by atoms with Crippen molar-refractivity contribution in [1.82, 2.24) is 5.43 Å². The van der Waals surface area contributed by atoms with Gasteiger partial charge in [-0.3, -0.25) is 11.3 Å². The fourth-order valence-corrected chi connectivity index (χ4v) is 3.65. The molecule has 0 aliphatic heterocycles. The number of ether oxygens (including phenoxy) is 1. The summed E-state index contributed by atoms with van der Waals surface area (Å²) in [5.41, 5.74) is 4.28. The second kappa shape index (κ2) is 7.65. The highest BCUT2D eigenvalue weighted by molar-refractivity contribution is 5.36. The van der Waals surface area contributed by atoms with Crippen molar-refractivity contribution in [2.45, 2.75) is 52.0 Å². The minimum atomic E-state index is 0.197. The Morgan fingerprint density at radius 2 is 2.00 bits per heavy atom. The van der Waals surface area contributed by atoms with E-state index >= 15 is 0 Å². The van der Waals surface area contributed by atoms with Gasteiger partial charge in [-0.1, -0.05) is 50.8 Å². The van der Waals surface area contributed by atoms with E-state index in [4.69, 9.17) is 10.6 Å². The average molecular weight is 276 g/mol. The standard InChI is InChI=1S/C17H28N2O/c1-3-13-9-5-6-10-14(13)17(19-18)15-11-7-8-12-16(15)20-4-2/h7-8,11-14,17,19H,3-6,9-10,18H2,1-2H3. The van der Waals surface area contributed by atoms with Crippen molar-refractivity contribution < 1.29 is 4.74 Å². The van der Waals surface area contributed by atoms with Crippen molar-refractivity contribution >= 4 is 0 Å². The molecule has 112 valence electrons. The summed E-state index contributed by atoms with van der Waals surface area (Å²) in [5.74, 6) is 8.26. The molecule has 1 aliphatic rings. The average Bonchev–Trinajstić information content (AvgIpc) is 2.50. The van der Waals surface area contributed by atoms with Crippen LogP contribution in [-0.2, 0) is 0 Å². The summed E-state index contributed by atoms with van der Waals surface area (Å²) in [6, 6.07) is 8.50. The molecule has 3 atom stereocenters. The number of nitrogens with two attached hydrogens (primary N) is 1. The molecule has 3 nitrogen and oxygen atoms in total. The van der Waals surface area contributed by atoms with E-state index in [-0.39, 0.29) is 6.04 Å². The predicted octanol–water partition coefficient (Wildman–Crippen LogP) is 3.81. The Balaban J connectivity index is 2.26. The van der Waals surface area contributed by atoms with Gasteiger partial charge in [0.15, 0.2) is 0 Å². The van der Waals surface area contributed by atoms with Crippen LogP contribution in [-0.4, -0.2) is 6.61 Å². The molecule has 3 N–H and O–H groups in total. The number of nitrogens with one attached hydrogen (secondary N) is 1. The van der Waals surface area contributed by atoms with Gasteiger partial charge < -0.3 is 4.74 Å². The monoisotopic (exact) mass is 276 g/mol. The van der Waals surface area contributed by atoms with Crippen molar-refractivity contribution in [3.05, 3.63) is 29.8 Å². The lowest BCUT2D eigenvalue weighted by Crippen LogP contribution is -2.38. The molecule has 1 aliphatic carbocycles. The maximum Gasteiger partial charge on any atom is 0.124 e. The van der Waals surface area contributed by atoms with E-state index in [0.717, 1.165) is 11.7 Å². The largest absolute Gasteiger partial charge is 0.494 e. The lowest BCUT2D eigenvalue weighted by molar-refractivity contribution is 0.173. The molecule has 0 saturated heterocycles. The molecule has 0 spiro atoms. The van der Waals surface area contributed by atoms with Gasteiger partial charge in [-0.15, -0.1) is 0 Å². The summed E-state index contributed by atoms with van der Waals surface area (Å²) in [7, 11) is 0. The van der Waals surface area contributed by atoms with Crippen molar-refractivity contribution in [1.29, 1.82) is 0 Å². The van der Waals surface area contributed by atoms with E-state index in [0.29, 0.717) is 12.5 Å². The summed E-state index contributed by atoms with van der Waals surface area (Å²) >= 11 is 0. The van der Waals surface area contributed by atoms with Crippen LogP contribution in [0.2, 0.25) is 0 Å². The third kappa shape index (κ3) is 3.33. The molecule has 2 rings (SSSR count). The minimum Gasteiger partial charge on any atom is -0.494 e. The van der Waals surface area contributed by atoms with Crippen LogP contribution in [0.1, 0.15) is 57.6 Å². The van der Waals surface area contributed by atoms with Gasteiger partial charge in [-0.25, -0.2) is 0 Å². The van der Waals surface area contributed by atoms with Gasteiger partial charge in [0.25, 0.3) is 0 Å². The maximum atomic E-state index is 5.91. The van der Waals surface area contributed by atoms with Gasteiger partial charge in [0, 0.05) is 5.56 Å². The molecule has 1 aromatic carbocycles. The van der Waals surface area contributed by atoms with Crippen molar-refractivity contribution in [3.8, 4) is 5.75 Å². The molecule has 3 heteroatoms. The first-order chi connectivity index (χ1) is 9.81. The van der Waals surface area contributed by atoms with Gasteiger partial charge in [-0.2, -0.15) is 0 Å². The summed E-state index contributed by atoms with van der Waals surface area (Å²) in [6.45, 7) is 5.01. The van der Waals surface area contributed by atoms with E-state index in [1.54, 1.807) is 0 Å². The zero-order valence-electron chi connectivity index (χ0n) is 12.8. The fourth-order valence-electron chi connectivity index (χ4n) is 3.65. The van der Waals surface area contributed by atoms with Gasteiger partial charge in [0.1, 0.15) is 5.75 Å². The molecule has 0 amide bonds. The SMILES string of the molecule is CCOc1ccccc1C(NN)C1CCCCC1CC. The minimum absolute atomic E-state index is 0.197. The number of hydrogen-bond donors (Lipinski definition) is 2. The predicted molar refractivity (Wildman–Crippen MR) is 83.4 cm³/mol. The summed E-state index contributed by atoms with van der Waals surface area (Å²) in [4.78, 5) is 0. The van der Waals surface area contributed by atoms with Crippen molar-refractivity contribution in [2.24, 2.45) is 17.7 Å². The number of para-hydroxylation sites is 1. The van der Waals surface area contributed by atoms with Crippen LogP contribution in [0.3, 0.4) is 0 Å². The van der Waals surface area contributed by atoms with Crippen LogP contribution in [0.5, 0.6) is 5.75 Å². The van der Waals surface area contributed by atoms with E-state index < -0.39 is 0 Å². The number of rotatable bonds is 6. The van der Waals surface area contributed by atoms with Crippen molar-refractivity contribution in [2.75, 3.05) is 6.61 Å². The second-order valence-electron chi connectivity index (χ2n) is 5.73. The smallest absolute Gasteiger partial charge is 0.124 e. The Morgan fingerprint density at radius 3 is 2.70 bits per heavy atom. The highest BCUT2D eigenvalue weighted by Crippen LogP contribution is 2.42. The zero-order chi connectivity index (χ0) is 14.4. The fraction of sp³-hybridized carbons (Fsp3) is 0.647. The number of hydrogen-bond acceptors (Lipinski definition) is 3. The molecule has 1 fully saturated rings. The van der Waals surface area contributed by atoms with Gasteiger partial charge in [0.05, 0.1) is 12.6 Å². The topological polar surface area (TPSA) is 47.3 Å². The quantitative estimate of drug-likeness (QED) is 0.613. The Kier molecular flexibility index (Phi) is 5.86. The van der Waals surface area contributed by atoms with Gasteiger partial charge >= 0.3 is 0 Å². The molecule has 1 saturated carbocycles. The number of hydrazine groups is 1. The van der Waals surface area contributed by atoms with Crippen LogP contribution in [0.4, 0.5) is 0 Å². The Bertz CT molecular complexity index is 408. The lowest BCUT2D eigenvalue weighted by atomic mass is 9.72. The van der Waals surface area contributed by atoms with E-state index in [9.17, 15) is 0 Å². The Labute approximate surface area is 122 Å². The lowest BCUT2D eigenvalue weighted by Gasteiger charge is -2.37. The summed E-state index contributed by atoms with van der Waals surface area (Å²) in [6.07, 6.45) is 6.50. The molecular formula is C17H28N2O. The molecule has 3 unspecified atom stereocenters. The zero-order valence-corrected chi connectivity index (χ0v) is 12.8. The molecule has 0 bridgehead atoms. The van der Waals surface area contributed by atoms with Crippen LogP contribution in [0.25, 0.3) is 0 Å². The summed E-state index contributed by atoms with van der Waals surface area (Å²) in [5, 5.41) is 0. The molecule has 20 heavy (non-hydrogen) atoms. The molecular weight excluding hydrogens is 248 g/mol. The van der Waals surface area contributed by atoms with Gasteiger partial charge in [-0.05, 0) is 31.2 Å². The third-order valence-corrected chi connectivity index (χ3v) is 4.65. The second-order valence-corrected chi connectivity index (χ2v) is 5.73. The molecule has 1 aromatic rings. The third-order valence-electron chi connectivity index (χ3n) is 4.65. The molecule has 0 aromatic heterocycles. The molecule has 0 heterocycles. The van der Waals surface area contributed by atoms with E-state index in [1.165, 1.54) is 37.7 Å². The normalized spacial score (nSPS) is 24.4. The Hall–Kier alpha value is -1.06. The Morgan fingerprint density at radius 1 is 1.25 bits per heavy atom. The molecule has 0 radical (unpaired) electrons. The van der Waals surface area contributed by atoms with Crippen LogP contribution in [0, 0.1) is 11.8 Å². The van der Waals surface area contributed by atoms with Gasteiger partial charge in [0.2, 0.25) is 0 Å². The van der Waals surface area contributed by atoms with Crippen LogP contribution >= 0.6 is 0 Å². The first-order valence-electron chi connectivity index (χ1n) is 7.99. The maximum absolute atomic E-state index is 5.91. The summed E-state index contributed by atoms with van der Waals surface area (Å²) < 4.78 is 5.78. The number of benzene rings is 1. The van der Waals surface area contributed by atoms with Crippen LogP contribution < -0.4 is 16.0 Å². The first-order valence-corrected chi connectivity index (χ1v) is 7.99. The van der Waals surface area contributed by atoms with E-state index in [2.05, 4.69) is 24.5 Å². The van der Waals surface area contributed by atoms with Crippen LogP contribution in [0.15, 0.2) is 24.3 Å².